The van der Waals surface area contributed by atoms with E-state index in [-0.39, 0.29) is 11.7 Å². The molecule has 0 aliphatic rings. The number of nitrogens with two attached hydrogens (primary N) is 1. The van der Waals surface area contributed by atoms with E-state index in [4.69, 9.17) is 21.1 Å². The Labute approximate surface area is 143 Å². The normalized spacial score (nSPS) is 10.0. The van der Waals surface area contributed by atoms with Crippen molar-refractivity contribution in [2.75, 3.05) is 5.32 Å². The van der Waals surface area contributed by atoms with E-state index in [2.05, 4.69) is 10.3 Å². The predicted molar refractivity (Wildman–Crippen MR) is 93.4 cm³/mol. The minimum Gasteiger partial charge on any atom is -0.422 e. The first kappa shape index (κ1) is 16.0. The molecule has 4 N–H and O–H groups in total. The van der Waals surface area contributed by atoms with Crippen LogP contribution in [0.1, 0.15) is 16.1 Å². The highest BCUT2D eigenvalue weighted by atomic mass is 16.5. The number of rotatable bonds is 3. The third-order valence-electron chi connectivity index (χ3n) is 3.47. The van der Waals surface area contributed by atoms with Crippen LogP contribution in [0.5, 0.6) is 5.75 Å². The van der Waals surface area contributed by atoms with Crippen molar-refractivity contribution in [2.45, 2.75) is 0 Å². The van der Waals surface area contributed by atoms with Crippen molar-refractivity contribution in [3.05, 3.63) is 66.0 Å². The van der Waals surface area contributed by atoms with Crippen LogP contribution in [0.2, 0.25) is 0 Å². The molecule has 0 fully saturated rings. The monoisotopic (exact) mass is 331 g/mol. The van der Waals surface area contributed by atoms with Crippen molar-refractivity contribution >= 4 is 28.4 Å². The van der Waals surface area contributed by atoms with E-state index in [1.54, 1.807) is 48.5 Å². The number of hydrogen-bond acceptors (Lipinski definition) is 5. The third kappa shape index (κ3) is 3.38. The van der Waals surface area contributed by atoms with Crippen LogP contribution in [-0.2, 0) is 0 Å². The number of nitrogens with one attached hydrogen (secondary N) is 2. The summed E-state index contributed by atoms with van der Waals surface area (Å²) >= 11 is 0. The smallest absolute Gasteiger partial charge is 0.343 e. The molecule has 1 aromatic heterocycles. The van der Waals surface area contributed by atoms with Gasteiger partial charge in [0.15, 0.2) is 5.96 Å². The Morgan fingerprint density at radius 3 is 2.60 bits per heavy atom. The molecular weight excluding hydrogens is 318 g/mol. The second kappa shape index (κ2) is 6.68. The summed E-state index contributed by atoms with van der Waals surface area (Å²) < 4.78 is 5.47. The number of nitrogens with zero attached hydrogens (tertiary/aromatic N) is 2. The van der Waals surface area contributed by atoms with Crippen LogP contribution in [0.15, 0.2) is 54.7 Å². The number of carbonyl (C=O) groups is 1. The molecular formula is C18H13N5O2. The molecule has 2 aromatic carbocycles. The highest BCUT2D eigenvalue weighted by Gasteiger charge is 2.12. The van der Waals surface area contributed by atoms with Gasteiger partial charge in [-0.1, -0.05) is 12.1 Å². The number of pyridine rings is 1. The highest BCUT2D eigenvalue weighted by Crippen LogP contribution is 2.27. The van der Waals surface area contributed by atoms with Gasteiger partial charge in [-0.05, 0) is 36.4 Å². The largest absolute Gasteiger partial charge is 0.422 e. The molecule has 122 valence electrons. The first-order chi connectivity index (χ1) is 12.1. The fourth-order valence-electron chi connectivity index (χ4n) is 2.36. The Kier molecular flexibility index (Phi) is 4.26. The average Bonchev–Trinajstić information content (AvgIpc) is 2.61. The number of benzene rings is 2. The number of fused-ring (bicyclic) bond motifs is 1. The van der Waals surface area contributed by atoms with Crippen LogP contribution in [0.3, 0.4) is 0 Å². The van der Waals surface area contributed by atoms with Crippen molar-refractivity contribution in [1.29, 1.82) is 10.7 Å². The first-order valence-electron chi connectivity index (χ1n) is 7.29. The summed E-state index contributed by atoms with van der Waals surface area (Å²) in [5.74, 6) is -0.363. The Morgan fingerprint density at radius 1 is 1.16 bits per heavy atom. The maximum atomic E-state index is 12.4. The summed E-state index contributed by atoms with van der Waals surface area (Å²) in [7, 11) is 0. The molecule has 0 aliphatic heterocycles. The van der Waals surface area contributed by atoms with Crippen molar-refractivity contribution in [1.82, 2.24) is 4.98 Å². The highest BCUT2D eigenvalue weighted by molar-refractivity contribution is 5.97. The average molecular weight is 331 g/mol. The van der Waals surface area contributed by atoms with Gasteiger partial charge in [-0.15, -0.1) is 0 Å². The molecule has 0 unspecified atom stereocenters. The van der Waals surface area contributed by atoms with Crippen LogP contribution in [0.4, 0.5) is 5.69 Å². The molecule has 3 aromatic rings. The van der Waals surface area contributed by atoms with Gasteiger partial charge >= 0.3 is 5.97 Å². The first-order valence-corrected chi connectivity index (χ1v) is 7.29. The topological polar surface area (TPSA) is 125 Å². The van der Waals surface area contributed by atoms with E-state index < -0.39 is 5.97 Å². The summed E-state index contributed by atoms with van der Waals surface area (Å²) in [6.45, 7) is 0. The molecule has 0 atom stereocenters. The lowest BCUT2D eigenvalue weighted by Gasteiger charge is -2.09. The minimum atomic E-state index is -0.530. The lowest BCUT2D eigenvalue weighted by atomic mass is 10.1. The van der Waals surface area contributed by atoms with Gasteiger partial charge in [-0.25, -0.2) is 9.78 Å². The van der Waals surface area contributed by atoms with Crippen molar-refractivity contribution < 1.29 is 9.53 Å². The van der Waals surface area contributed by atoms with E-state index in [0.29, 0.717) is 27.8 Å². The predicted octanol–water partition coefficient (Wildman–Crippen LogP) is 2.63. The van der Waals surface area contributed by atoms with Crippen LogP contribution in [0, 0.1) is 16.7 Å². The zero-order valence-corrected chi connectivity index (χ0v) is 13.0. The summed E-state index contributed by atoms with van der Waals surface area (Å²) in [5.41, 5.74) is 6.47. The Balaban J connectivity index is 1.87. The number of esters is 1. The van der Waals surface area contributed by atoms with Crippen molar-refractivity contribution in [2.24, 2.45) is 5.73 Å². The fourth-order valence-corrected chi connectivity index (χ4v) is 2.36. The summed E-state index contributed by atoms with van der Waals surface area (Å²) in [5, 5.41) is 20.2. The number of aromatic nitrogens is 1. The van der Waals surface area contributed by atoms with Gasteiger partial charge in [0.05, 0.1) is 5.56 Å². The fraction of sp³-hybridized carbons (Fsp3) is 0. The van der Waals surface area contributed by atoms with E-state index in [1.165, 1.54) is 6.20 Å². The van der Waals surface area contributed by atoms with Gasteiger partial charge in [0.1, 0.15) is 17.5 Å². The molecule has 3 rings (SSSR count). The Hall–Kier alpha value is -3.92. The van der Waals surface area contributed by atoms with Crippen LogP contribution >= 0.6 is 0 Å². The Morgan fingerprint density at radius 2 is 1.92 bits per heavy atom. The number of ether oxygens (including phenoxy) is 1. The second-order valence-corrected chi connectivity index (χ2v) is 5.13. The summed E-state index contributed by atoms with van der Waals surface area (Å²) in [6.07, 6.45) is 1.50. The molecule has 0 amide bonds. The molecule has 0 saturated carbocycles. The quantitative estimate of drug-likeness (QED) is 0.293. The SMILES string of the molecule is N#Cc1nccc2c(OC(=O)c3ccc(NC(=N)N)cc3)cccc12. The lowest BCUT2D eigenvalue weighted by Crippen LogP contribution is -2.20. The third-order valence-corrected chi connectivity index (χ3v) is 3.47. The zero-order valence-electron chi connectivity index (χ0n) is 13.0. The van der Waals surface area contributed by atoms with Gasteiger partial charge in [-0.2, -0.15) is 5.26 Å². The molecule has 25 heavy (non-hydrogen) atoms. The van der Waals surface area contributed by atoms with E-state index in [9.17, 15) is 4.79 Å². The molecule has 0 radical (unpaired) electrons. The summed E-state index contributed by atoms with van der Waals surface area (Å²) in [6, 6.07) is 15.2. The van der Waals surface area contributed by atoms with Crippen molar-refractivity contribution in [3.63, 3.8) is 0 Å². The number of hydrogen-bond donors (Lipinski definition) is 3. The van der Waals surface area contributed by atoms with E-state index >= 15 is 0 Å². The van der Waals surface area contributed by atoms with E-state index in [1.807, 2.05) is 6.07 Å². The van der Waals surface area contributed by atoms with Crippen LogP contribution in [-0.4, -0.2) is 16.9 Å². The van der Waals surface area contributed by atoms with Gasteiger partial charge in [-0.3, -0.25) is 5.41 Å². The van der Waals surface area contributed by atoms with Crippen LogP contribution < -0.4 is 15.8 Å². The molecule has 0 aliphatic carbocycles. The maximum Gasteiger partial charge on any atom is 0.343 e. The lowest BCUT2D eigenvalue weighted by molar-refractivity contribution is 0.0737. The standard InChI is InChI=1S/C18H13N5O2/c19-10-15-13-2-1-3-16(14(13)8-9-22-15)25-17(24)11-4-6-12(7-5-11)23-18(20)21/h1-9H,(H4,20,21,23). The van der Waals surface area contributed by atoms with Crippen LogP contribution in [0.25, 0.3) is 10.8 Å². The second-order valence-electron chi connectivity index (χ2n) is 5.13. The molecule has 7 nitrogen and oxygen atoms in total. The van der Waals surface area contributed by atoms with Gasteiger partial charge in [0.2, 0.25) is 0 Å². The zero-order chi connectivity index (χ0) is 17.8. The number of anilines is 1. The number of nitriles is 1. The minimum absolute atomic E-state index is 0.187. The van der Waals surface area contributed by atoms with Gasteiger partial charge < -0.3 is 15.8 Å². The maximum absolute atomic E-state index is 12.4. The number of guanidine groups is 1. The molecule has 0 spiro atoms. The van der Waals surface area contributed by atoms with Gasteiger partial charge in [0, 0.05) is 22.7 Å². The molecule has 1 heterocycles. The van der Waals surface area contributed by atoms with E-state index in [0.717, 1.165) is 0 Å². The Bertz CT molecular complexity index is 1010. The molecule has 0 bridgehead atoms. The molecule has 0 saturated heterocycles. The van der Waals surface area contributed by atoms with Crippen molar-refractivity contribution in [3.8, 4) is 11.8 Å². The molecule has 7 heteroatoms. The summed E-state index contributed by atoms with van der Waals surface area (Å²) in [4.78, 5) is 16.4. The number of carbonyl (C=O) groups excluding carboxylic acids is 1. The van der Waals surface area contributed by atoms with Gasteiger partial charge in [0.25, 0.3) is 0 Å².